The molecule has 1 aromatic carbocycles. The van der Waals surface area contributed by atoms with Crippen molar-refractivity contribution in [3.05, 3.63) is 42.3 Å². The summed E-state index contributed by atoms with van der Waals surface area (Å²) in [4.78, 5) is 41.1. The zero-order chi connectivity index (χ0) is 19.9. The second-order valence-corrected chi connectivity index (χ2v) is 6.37. The van der Waals surface area contributed by atoms with Gasteiger partial charge in [-0.1, -0.05) is 12.1 Å². The quantitative estimate of drug-likeness (QED) is 0.554. The number of fused-ring (bicyclic) bond motifs is 1. The number of oxazole rings is 1. The van der Waals surface area contributed by atoms with Crippen LogP contribution in [-0.2, 0) is 23.9 Å². The first-order valence-corrected chi connectivity index (χ1v) is 9.21. The van der Waals surface area contributed by atoms with Crippen LogP contribution in [0.2, 0.25) is 0 Å². The van der Waals surface area contributed by atoms with Crippen LogP contribution in [0.25, 0.3) is 11.1 Å². The molecule has 1 saturated heterocycles. The lowest BCUT2D eigenvalue weighted by atomic mass is 9.97. The van der Waals surface area contributed by atoms with Crippen LogP contribution in [0.1, 0.15) is 31.6 Å². The molecular formula is C20H22N2O6. The van der Waals surface area contributed by atoms with Crippen molar-refractivity contribution in [2.75, 3.05) is 26.3 Å². The first-order valence-electron chi connectivity index (χ1n) is 9.21. The van der Waals surface area contributed by atoms with Gasteiger partial charge in [0.25, 0.3) is 5.91 Å². The third-order valence-corrected chi connectivity index (χ3v) is 4.49. The number of esters is 2. The highest BCUT2D eigenvalue weighted by molar-refractivity contribution is 5.92. The lowest BCUT2D eigenvalue weighted by molar-refractivity contribution is -0.148. The highest BCUT2D eigenvalue weighted by atomic mass is 16.5. The molecule has 0 spiro atoms. The molecule has 2 heterocycles. The summed E-state index contributed by atoms with van der Waals surface area (Å²) in [7, 11) is 0. The van der Waals surface area contributed by atoms with Crippen molar-refractivity contribution in [2.24, 2.45) is 0 Å². The van der Waals surface area contributed by atoms with Crippen LogP contribution in [0.3, 0.4) is 0 Å². The third-order valence-electron chi connectivity index (χ3n) is 4.49. The number of rotatable bonds is 6. The van der Waals surface area contributed by atoms with E-state index in [1.54, 1.807) is 11.8 Å². The summed E-state index contributed by atoms with van der Waals surface area (Å²) in [5, 5.41) is 0. The minimum Gasteiger partial charge on any atom is -0.463 e. The predicted octanol–water partition coefficient (Wildman–Crippen LogP) is 2.20. The Kier molecular flexibility index (Phi) is 6.41. The van der Waals surface area contributed by atoms with Gasteiger partial charge in [-0.2, -0.15) is 0 Å². The first kappa shape index (κ1) is 19.6. The van der Waals surface area contributed by atoms with Crippen molar-refractivity contribution in [2.45, 2.75) is 25.7 Å². The highest BCUT2D eigenvalue weighted by Crippen LogP contribution is 2.29. The van der Waals surface area contributed by atoms with E-state index >= 15 is 0 Å². The average molecular weight is 386 g/mol. The van der Waals surface area contributed by atoms with E-state index in [-0.39, 0.29) is 25.0 Å². The number of para-hydroxylation sites is 2. The van der Waals surface area contributed by atoms with E-state index in [0.717, 1.165) is 36.1 Å². The fourth-order valence-corrected chi connectivity index (χ4v) is 3.04. The van der Waals surface area contributed by atoms with E-state index in [4.69, 9.17) is 9.15 Å². The van der Waals surface area contributed by atoms with Crippen LogP contribution in [-0.4, -0.2) is 54.0 Å². The van der Waals surface area contributed by atoms with Gasteiger partial charge in [0.15, 0.2) is 18.1 Å². The monoisotopic (exact) mass is 386 g/mol. The standard InChI is InChI=1S/C20H22N2O6/c1-2-26-18(24)7-8-19(25)27-13-17(23)22-11-9-14(10-12-22)20-21-15-5-3-4-6-16(15)28-20/h3-8,14H,2,9-13H2,1H3/b8-7+. The molecule has 8 nitrogen and oxygen atoms in total. The Bertz CT molecular complexity index is 847. The Morgan fingerprint density at radius 1 is 1.14 bits per heavy atom. The van der Waals surface area contributed by atoms with Gasteiger partial charge in [0, 0.05) is 31.2 Å². The summed E-state index contributed by atoms with van der Waals surface area (Å²) in [6, 6.07) is 7.61. The van der Waals surface area contributed by atoms with E-state index in [1.165, 1.54) is 0 Å². The molecular weight excluding hydrogens is 364 g/mol. The number of piperidine rings is 1. The van der Waals surface area contributed by atoms with E-state index in [0.29, 0.717) is 19.0 Å². The van der Waals surface area contributed by atoms with Gasteiger partial charge >= 0.3 is 11.9 Å². The van der Waals surface area contributed by atoms with Gasteiger partial charge in [-0.25, -0.2) is 14.6 Å². The van der Waals surface area contributed by atoms with Gasteiger partial charge in [0.05, 0.1) is 6.61 Å². The average Bonchev–Trinajstić information content (AvgIpc) is 3.15. The van der Waals surface area contributed by atoms with Crippen molar-refractivity contribution in [3.8, 4) is 0 Å². The minimum atomic E-state index is -0.761. The maximum atomic E-state index is 12.2. The van der Waals surface area contributed by atoms with Crippen LogP contribution >= 0.6 is 0 Å². The van der Waals surface area contributed by atoms with Crippen molar-refractivity contribution < 1.29 is 28.3 Å². The Hall–Kier alpha value is -3.16. The minimum absolute atomic E-state index is 0.159. The summed E-state index contributed by atoms with van der Waals surface area (Å²) >= 11 is 0. The number of carbonyl (C=O) groups is 3. The molecule has 1 amide bonds. The molecule has 1 aliphatic heterocycles. The largest absolute Gasteiger partial charge is 0.463 e. The van der Waals surface area contributed by atoms with Crippen LogP contribution in [0.4, 0.5) is 0 Å². The van der Waals surface area contributed by atoms with Gasteiger partial charge in [-0.15, -0.1) is 0 Å². The summed E-state index contributed by atoms with van der Waals surface area (Å²) in [5.41, 5.74) is 1.59. The zero-order valence-electron chi connectivity index (χ0n) is 15.6. The number of nitrogens with zero attached hydrogens (tertiary/aromatic N) is 2. The fourth-order valence-electron chi connectivity index (χ4n) is 3.04. The lowest BCUT2D eigenvalue weighted by Gasteiger charge is -2.30. The predicted molar refractivity (Wildman–Crippen MR) is 99.3 cm³/mol. The number of ether oxygens (including phenoxy) is 2. The number of aromatic nitrogens is 1. The Balaban J connectivity index is 1.44. The van der Waals surface area contributed by atoms with Crippen LogP contribution in [0, 0.1) is 0 Å². The molecule has 0 aliphatic carbocycles. The first-order chi connectivity index (χ1) is 13.6. The van der Waals surface area contributed by atoms with E-state index in [2.05, 4.69) is 9.72 Å². The smallest absolute Gasteiger partial charge is 0.331 e. The lowest BCUT2D eigenvalue weighted by Crippen LogP contribution is -2.40. The van der Waals surface area contributed by atoms with Crippen LogP contribution in [0.5, 0.6) is 0 Å². The topological polar surface area (TPSA) is 98.9 Å². The maximum Gasteiger partial charge on any atom is 0.331 e. The Morgan fingerprint density at radius 2 is 1.82 bits per heavy atom. The van der Waals surface area contributed by atoms with Crippen molar-refractivity contribution in [3.63, 3.8) is 0 Å². The molecule has 0 unspecified atom stereocenters. The summed E-state index contributed by atoms with van der Waals surface area (Å²) in [6.07, 6.45) is 3.39. The normalized spacial score (nSPS) is 15.1. The molecule has 2 aromatic rings. The van der Waals surface area contributed by atoms with Gasteiger partial charge in [0.1, 0.15) is 5.52 Å². The molecule has 148 valence electrons. The SMILES string of the molecule is CCOC(=O)/C=C/C(=O)OCC(=O)N1CCC(c2nc3ccccc3o2)CC1. The third kappa shape index (κ3) is 4.97. The van der Waals surface area contributed by atoms with Gasteiger partial charge in [0.2, 0.25) is 0 Å². The number of hydrogen-bond donors (Lipinski definition) is 0. The highest BCUT2D eigenvalue weighted by Gasteiger charge is 2.27. The number of amides is 1. The molecule has 0 bridgehead atoms. The van der Waals surface area contributed by atoms with E-state index in [1.807, 2.05) is 24.3 Å². The number of hydrogen-bond acceptors (Lipinski definition) is 7. The zero-order valence-corrected chi connectivity index (χ0v) is 15.6. The molecule has 0 N–H and O–H groups in total. The van der Waals surface area contributed by atoms with E-state index in [9.17, 15) is 14.4 Å². The van der Waals surface area contributed by atoms with Gasteiger partial charge < -0.3 is 18.8 Å². The van der Waals surface area contributed by atoms with Crippen molar-refractivity contribution >= 4 is 28.9 Å². The molecule has 8 heteroatoms. The van der Waals surface area contributed by atoms with Crippen LogP contribution < -0.4 is 0 Å². The maximum absolute atomic E-state index is 12.2. The molecule has 3 rings (SSSR count). The van der Waals surface area contributed by atoms with Gasteiger partial charge in [-0.05, 0) is 31.9 Å². The summed E-state index contributed by atoms with van der Waals surface area (Å²) in [5.74, 6) is -0.806. The molecule has 0 atom stereocenters. The van der Waals surface area contributed by atoms with Crippen molar-refractivity contribution in [1.82, 2.24) is 9.88 Å². The molecule has 0 radical (unpaired) electrons. The van der Waals surface area contributed by atoms with Crippen molar-refractivity contribution in [1.29, 1.82) is 0 Å². The molecule has 1 fully saturated rings. The van der Waals surface area contributed by atoms with E-state index < -0.39 is 11.9 Å². The molecule has 1 aromatic heterocycles. The molecule has 1 aliphatic rings. The second kappa shape index (κ2) is 9.16. The molecule has 28 heavy (non-hydrogen) atoms. The fraction of sp³-hybridized carbons (Fsp3) is 0.400. The summed E-state index contributed by atoms with van der Waals surface area (Å²) in [6.45, 7) is 2.60. The second-order valence-electron chi connectivity index (χ2n) is 6.37. The Labute approximate surface area is 162 Å². The molecule has 0 saturated carbocycles. The number of benzene rings is 1. The Morgan fingerprint density at radius 3 is 2.50 bits per heavy atom. The number of carbonyl (C=O) groups excluding carboxylic acids is 3. The summed E-state index contributed by atoms with van der Waals surface area (Å²) < 4.78 is 15.4. The van der Waals surface area contributed by atoms with Crippen LogP contribution in [0.15, 0.2) is 40.8 Å². The number of likely N-dealkylation sites (tertiary alicyclic amines) is 1. The van der Waals surface area contributed by atoms with Gasteiger partial charge in [-0.3, -0.25) is 4.79 Å².